The van der Waals surface area contributed by atoms with Gasteiger partial charge in [0.15, 0.2) is 6.10 Å². The quantitative estimate of drug-likeness (QED) is 0.0155. The van der Waals surface area contributed by atoms with Crippen molar-refractivity contribution in [3.63, 3.8) is 0 Å². The molecule has 0 amide bonds. The maximum atomic E-state index is 12.6. The molecule has 0 spiro atoms. The summed E-state index contributed by atoms with van der Waals surface area (Å²) in [5.41, 5.74) is 0. The van der Waals surface area contributed by atoms with Crippen LogP contribution in [0.5, 0.6) is 0 Å². The summed E-state index contributed by atoms with van der Waals surface area (Å²) in [4.78, 5) is 34.9. The molecule has 56 heavy (non-hydrogen) atoms. The smallest absolute Gasteiger partial charge is 0.462 e. The van der Waals surface area contributed by atoms with Crippen molar-refractivity contribution in [3.05, 3.63) is 85.1 Å². The molecule has 0 aromatic rings. The summed E-state index contributed by atoms with van der Waals surface area (Å²) in [5.74, 6) is -1.16. The van der Waals surface area contributed by atoms with E-state index in [2.05, 4.69) is 79.1 Å². The summed E-state index contributed by atoms with van der Waals surface area (Å²) in [6, 6.07) is 0. The highest BCUT2D eigenvalue weighted by atomic mass is 31.2. The second kappa shape index (κ2) is 39.0. The summed E-state index contributed by atoms with van der Waals surface area (Å²) in [6.07, 6.45) is 41.5. The molecule has 2 unspecified atom stereocenters. The van der Waals surface area contributed by atoms with Crippen molar-refractivity contribution < 1.29 is 52.9 Å². The highest BCUT2D eigenvalue weighted by Gasteiger charge is 2.27. The van der Waals surface area contributed by atoms with Crippen LogP contribution in [0.4, 0.5) is 0 Å². The van der Waals surface area contributed by atoms with Crippen LogP contribution in [-0.2, 0) is 32.7 Å². The number of unbranched alkanes of at least 4 members (excludes halogenated alkanes) is 9. The van der Waals surface area contributed by atoms with Crippen molar-refractivity contribution in [1.82, 2.24) is 0 Å². The maximum Gasteiger partial charge on any atom is 0.472 e. The molecule has 0 bridgehead atoms. The standard InChI is InChI=1S/C44H73O11P/c1-3-5-7-9-11-13-15-17-18-20-22-24-26-28-30-34-44(49)55-42(39-54-56(50,51)53-37-41(47)36-45)38-52-43(48)35-31-33-40(46)32-29-27-25-23-21-19-16-14-12-10-8-6-4-2/h6,8,12-15,17-19,21,25,27,29,32,40-42,45-47H,3-5,7,9-11,16,20,22-24,26,28,30-31,33-39H2,1-2H3,(H,50,51)/b8-6-,14-12-,15-13-,18-17-,21-19-,27-25-,32-29+/t40?,41-,42+/m0/s1. The first kappa shape index (κ1) is 53.1. The fraction of sp³-hybridized carbons (Fsp3) is 0.636. The first-order valence-corrected chi connectivity index (χ1v) is 22.2. The number of phosphoric ester groups is 1. The van der Waals surface area contributed by atoms with E-state index < -0.39 is 64.5 Å². The minimum absolute atomic E-state index is 0.00264. The zero-order valence-electron chi connectivity index (χ0n) is 34.2. The lowest BCUT2D eigenvalue weighted by Gasteiger charge is -2.20. The van der Waals surface area contributed by atoms with Crippen LogP contribution in [0.25, 0.3) is 0 Å². The Morgan fingerprint density at radius 2 is 1.18 bits per heavy atom. The molecular formula is C44H73O11P. The summed E-state index contributed by atoms with van der Waals surface area (Å²) in [6.45, 7) is 1.97. The fourth-order valence-corrected chi connectivity index (χ4v) is 5.74. The number of phosphoric acid groups is 1. The SMILES string of the molecule is CC/C=C\C/C=C\C/C=C\C/C=C\C=C\C(O)CCCC(=O)OC[C@H](COP(=O)(O)OC[C@@H](O)CO)OC(=O)CCCCCCC/C=C\C=C/CCCCCC. The van der Waals surface area contributed by atoms with E-state index in [9.17, 15) is 29.3 Å². The van der Waals surface area contributed by atoms with E-state index in [-0.39, 0.29) is 12.8 Å². The number of carbonyl (C=O) groups is 2. The lowest BCUT2D eigenvalue weighted by atomic mass is 10.1. The average molecular weight is 809 g/mol. The number of esters is 2. The summed E-state index contributed by atoms with van der Waals surface area (Å²) in [7, 11) is -4.67. The molecule has 0 aliphatic carbocycles. The summed E-state index contributed by atoms with van der Waals surface area (Å²) in [5, 5.41) is 28.5. The van der Waals surface area contributed by atoms with Crippen LogP contribution in [0, 0.1) is 0 Å². The van der Waals surface area contributed by atoms with E-state index in [0.29, 0.717) is 19.3 Å². The number of aliphatic hydroxyl groups is 3. The molecular weight excluding hydrogens is 735 g/mol. The van der Waals surface area contributed by atoms with Gasteiger partial charge in [0.1, 0.15) is 12.7 Å². The molecule has 4 N–H and O–H groups in total. The molecule has 0 radical (unpaired) electrons. The van der Waals surface area contributed by atoms with Crippen molar-refractivity contribution >= 4 is 19.8 Å². The van der Waals surface area contributed by atoms with Gasteiger partial charge in [-0.15, -0.1) is 0 Å². The molecule has 0 aromatic carbocycles. The number of rotatable bonds is 37. The molecule has 0 heterocycles. The molecule has 0 aliphatic heterocycles. The van der Waals surface area contributed by atoms with Crippen LogP contribution < -0.4 is 0 Å². The van der Waals surface area contributed by atoms with Gasteiger partial charge < -0.3 is 29.7 Å². The Kier molecular flexibility index (Phi) is 36.9. The topological polar surface area (TPSA) is 169 Å². The predicted molar refractivity (Wildman–Crippen MR) is 225 cm³/mol. The molecule has 0 aromatic heterocycles. The molecule has 12 heteroatoms. The van der Waals surface area contributed by atoms with E-state index in [1.165, 1.54) is 25.7 Å². The maximum absolute atomic E-state index is 12.6. The minimum Gasteiger partial charge on any atom is -0.462 e. The number of aliphatic hydroxyl groups excluding tert-OH is 3. The van der Waals surface area contributed by atoms with E-state index in [0.717, 1.165) is 64.2 Å². The van der Waals surface area contributed by atoms with E-state index in [1.54, 1.807) is 12.2 Å². The molecule has 4 atom stereocenters. The fourth-order valence-electron chi connectivity index (χ4n) is 4.95. The van der Waals surface area contributed by atoms with E-state index in [4.69, 9.17) is 19.1 Å². The Labute approximate surface area is 337 Å². The van der Waals surface area contributed by atoms with Gasteiger partial charge in [0, 0.05) is 12.8 Å². The van der Waals surface area contributed by atoms with Crippen LogP contribution in [0.3, 0.4) is 0 Å². The first-order valence-electron chi connectivity index (χ1n) is 20.7. The lowest BCUT2D eigenvalue weighted by molar-refractivity contribution is -0.161. The van der Waals surface area contributed by atoms with Crippen molar-refractivity contribution in [3.8, 4) is 0 Å². The van der Waals surface area contributed by atoms with Gasteiger partial charge >= 0.3 is 19.8 Å². The molecule has 0 aliphatic rings. The largest absolute Gasteiger partial charge is 0.472 e. The number of hydrogen-bond donors (Lipinski definition) is 4. The van der Waals surface area contributed by atoms with Gasteiger partial charge in [-0.25, -0.2) is 4.57 Å². The zero-order valence-corrected chi connectivity index (χ0v) is 35.1. The van der Waals surface area contributed by atoms with Gasteiger partial charge in [0.25, 0.3) is 0 Å². The Balaban J connectivity index is 4.57. The van der Waals surface area contributed by atoms with Gasteiger partial charge in [-0.2, -0.15) is 0 Å². The van der Waals surface area contributed by atoms with Gasteiger partial charge in [0.2, 0.25) is 0 Å². The molecule has 11 nitrogen and oxygen atoms in total. The highest BCUT2D eigenvalue weighted by molar-refractivity contribution is 7.47. The summed E-state index contributed by atoms with van der Waals surface area (Å²) >= 11 is 0. The molecule has 320 valence electrons. The Morgan fingerprint density at radius 1 is 0.625 bits per heavy atom. The molecule has 0 rings (SSSR count). The number of hydrogen-bond acceptors (Lipinski definition) is 10. The third-order valence-corrected chi connectivity index (χ3v) is 9.12. The minimum atomic E-state index is -4.67. The van der Waals surface area contributed by atoms with Gasteiger partial charge in [-0.05, 0) is 70.6 Å². The van der Waals surface area contributed by atoms with Crippen molar-refractivity contribution in [2.75, 3.05) is 26.4 Å². The first-order chi connectivity index (χ1) is 27.1. The van der Waals surface area contributed by atoms with Crippen molar-refractivity contribution in [2.45, 2.75) is 154 Å². The van der Waals surface area contributed by atoms with Crippen LogP contribution in [0.2, 0.25) is 0 Å². The second-order valence-corrected chi connectivity index (χ2v) is 15.0. The average Bonchev–Trinajstić information content (AvgIpc) is 3.18. The molecule has 0 saturated carbocycles. The Bertz CT molecular complexity index is 1220. The van der Waals surface area contributed by atoms with Gasteiger partial charge in [0.05, 0.1) is 25.9 Å². The van der Waals surface area contributed by atoms with Crippen LogP contribution in [0.1, 0.15) is 136 Å². The number of allylic oxidation sites excluding steroid dienone is 13. The zero-order chi connectivity index (χ0) is 41.4. The predicted octanol–water partition coefficient (Wildman–Crippen LogP) is 9.63. The van der Waals surface area contributed by atoms with E-state index in [1.807, 2.05) is 12.2 Å². The van der Waals surface area contributed by atoms with Gasteiger partial charge in [-0.3, -0.25) is 18.6 Å². The van der Waals surface area contributed by atoms with E-state index >= 15 is 0 Å². The summed E-state index contributed by atoms with van der Waals surface area (Å²) < 4.78 is 32.5. The van der Waals surface area contributed by atoms with Crippen molar-refractivity contribution in [1.29, 1.82) is 0 Å². The normalized spacial score (nSPS) is 15.3. The third kappa shape index (κ3) is 38.0. The molecule has 0 saturated heterocycles. The highest BCUT2D eigenvalue weighted by Crippen LogP contribution is 2.43. The third-order valence-electron chi connectivity index (χ3n) is 8.17. The number of carbonyl (C=O) groups excluding carboxylic acids is 2. The van der Waals surface area contributed by atoms with Crippen LogP contribution >= 0.6 is 7.82 Å². The monoisotopic (exact) mass is 808 g/mol. The lowest BCUT2D eigenvalue weighted by Crippen LogP contribution is -2.30. The second-order valence-electron chi connectivity index (χ2n) is 13.5. The van der Waals surface area contributed by atoms with Crippen LogP contribution in [-0.4, -0.2) is 76.9 Å². The number of ether oxygens (including phenoxy) is 2. The Hall–Kier alpha value is -2.89. The van der Waals surface area contributed by atoms with Crippen molar-refractivity contribution in [2.24, 2.45) is 0 Å². The van der Waals surface area contributed by atoms with Crippen LogP contribution in [0.15, 0.2) is 85.1 Å². The van der Waals surface area contributed by atoms with Gasteiger partial charge in [-0.1, -0.05) is 137 Å². The Morgan fingerprint density at radius 3 is 1.82 bits per heavy atom. The molecule has 0 fully saturated rings.